The van der Waals surface area contributed by atoms with Gasteiger partial charge in [-0.15, -0.1) is 0 Å². The molecule has 4 aromatic rings. The van der Waals surface area contributed by atoms with Gasteiger partial charge in [0.15, 0.2) is 0 Å². The molecule has 7 heteroatoms. The summed E-state index contributed by atoms with van der Waals surface area (Å²) in [5, 5.41) is 0. The molecule has 7 nitrogen and oxygen atoms in total. The number of hydrogen-bond donors (Lipinski definition) is 0. The van der Waals surface area contributed by atoms with E-state index in [2.05, 4.69) is 22.1 Å². The molecule has 0 bridgehead atoms. The van der Waals surface area contributed by atoms with E-state index in [4.69, 9.17) is 14.2 Å². The van der Waals surface area contributed by atoms with Gasteiger partial charge in [-0.25, -0.2) is 9.78 Å². The van der Waals surface area contributed by atoms with Crippen LogP contribution < -0.4 is 14.2 Å². The molecule has 1 aliphatic heterocycles. The fourth-order valence-corrected chi connectivity index (χ4v) is 4.44. The lowest BCUT2D eigenvalue weighted by atomic mass is 9.98. The molecular formula is C32H33N3O4. The molecule has 0 N–H and O–H groups in total. The van der Waals surface area contributed by atoms with Crippen LogP contribution in [0.3, 0.4) is 0 Å². The maximum atomic E-state index is 12.7. The minimum Gasteiger partial charge on any atom is -0.493 e. The van der Waals surface area contributed by atoms with Crippen LogP contribution in [0.2, 0.25) is 0 Å². The van der Waals surface area contributed by atoms with Crippen molar-refractivity contribution in [2.75, 3.05) is 19.7 Å². The summed E-state index contributed by atoms with van der Waals surface area (Å²) < 4.78 is 17.3. The number of nitrogens with zero attached hydrogens (tertiary/aromatic N) is 3. The van der Waals surface area contributed by atoms with Crippen molar-refractivity contribution in [3.05, 3.63) is 108 Å². The zero-order chi connectivity index (χ0) is 26.9. The topological polar surface area (TPSA) is 73.8 Å². The van der Waals surface area contributed by atoms with Gasteiger partial charge in [0.1, 0.15) is 17.2 Å². The average Bonchev–Trinajstić information content (AvgIpc) is 2.98. The summed E-state index contributed by atoms with van der Waals surface area (Å²) in [6, 6.07) is 25.0. The summed E-state index contributed by atoms with van der Waals surface area (Å²) in [7, 11) is 0. The Bertz CT molecular complexity index is 1320. The van der Waals surface area contributed by atoms with Gasteiger partial charge in [-0.1, -0.05) is 24.3 Å². The van der Waals surface area contributed by atoms with E-state index in [9.17, 15) is 4.79 Å². The largest absolute Gasteiger partial charge is 0.493 e. The first-order valence-electron chi connectivity index (χ1n) is 13.4. The van der Waals surface area contributed by atoms with Crippen molar-refractivity contribution < 1.29 is 19.0 Å². The summed E-state index contributed by atoms with van der Waals surface area (Å²) >= 11 is 0. The van der Waals surface area contributed by atoms with Crippen molar-refractivity contribution in [3.8, 4) is 23.1 Å². The number of benzene rings is 2. The van der Waals surface area contributed by atoms with Gasteiger partial charge in [0.2, 0.25) is 5.88 Å². The van der Waals surface area contributed by atoms with E-state index in [1.54, 1.807) is 11.1 Å². The standard InChI is InChI=1S/C32H33N3O4/c1-24-5-9-27(34-22-24)10-6-25-7-11-30(12-8-25)39-32(36)35-20-17-26(18-21-35)23-37-28-13-15-29(16-14-28)38-31-4-2-3-19-33-31/h2-5,7-9,11-16,19,22,26H,6,10,17-18,20-21,23H2,1H3. The van der Waals surface area contributed by atoms with Gasteiger partial charge >= 0.3 is 6.09 Å². The predicted molar refractivity (Wildman–Crippen MR) is 149 cm³/mol. The zero-order valence-electron chi connectivity index (χ0n) is 22.2. The van der Waals surface area contributed by atoms with Crippen molar-refractivity contribution in [2.45, 2.75) is 32.6 Å². The van der Waals surface area contributed by atoms with Crippen LogP contribution in [0, 0.1) is 12.8 Å². The minimum atomic E-state index is -0.297. The van der Waals surface area contributed by atoms with Crippen LogP contribution in [0.4, 0.5) is 4.79 Å². The molecular weight excluding hydrogens is 490 g/mol. The molecule has 0 aliphatic carbocycles. The van der Waals surface area contributed by atoms with Crippen molar-refractivity contribution in [3.63, 3.8) is 0 Å². The Labute approximate surface area is 229 Å². The van der Waals surface area contributed by atoms with Gasteiger partial charge in [-0.3, -0.25) is 4.98 Å². The Morgan fingerprint density at radius 2 is 1.59 bits per heavy atom. The first kappa shape index (κ1) is 26.2. The van der Waals surface area contributed by atoms with Gasteiger partial charge in [0.25, 0.3) is 0 Å². The molecule has 1 amide bonds. The highest BCUT2D eigenvalue weighted by Gasteiger charge is 2.24. The van der Waals surface area contributed by atoms with Crippen LogP contribution in [-0.4, -0.2) is 40.7 Å². The number of piperidine rings is 1. The SMILES string of the molecule is Cc1ccc(CCc2ccc(OC(=O)N3CCC(COc4ccc(Oc5ccccn5)cc4)CC3)cc2)nc1. The number of rotatable bonds is 9. The lowest BCUT2D eigenvalue weighted by Crippen LogP contribution is -2.41. The lowest BCUT2D eigenvalue weighted by molar-refractivity contribution is 0.117. The van der Waals surface area contributed by atoms with Crippen molar-refractivity contribution >= 4 is 6.09 Å². The second-order valence-corrected chi connectivity index (χ2v) is 9.82. The van der Waals surface area contributed by atoms with Crippen molar-refractivity contribution in [1.82, 2.24) is 14.9 Å². The Balaban J connectivity index is 1.01. The molecule has 0 unspecified atom stereocenters. The number of aryl methyl sites for hydroxylation is 3. The molecule has 1 saturated heterocycles. The number of hydrogen-bond acceptors (Lipinski definition) is 6. The van der Waals surface area contributed by atoms with Crippen LogP contribution >= 0.6 is 0 Å². The lowest BCUT2D eigenvalue weighted by Gasteiger charge is -2.31. The third kappa shape index (κ3) is 7.80. The quantitative estimate of drug-likeness (QED) is 0.244. The number of pyridine rings is 2. The van der Waals surface area contributed by atoms with Gasteiger partial charge in [-0.2, -0.15) is 0 Å². The van der Waals surface area contributed by atoms with Crippen LogP contribution in [0.5, 0.6) is 23.1 Å². The van der Waals surface area contributed by atoms with E-state index in [0.717, 1.165) is 42.7 Å². The Hall–Kier alpha value is -4.39. The smallest absolute Gasteiger partial charge is 0.415 e. The monoisotopic (exact) mass is 523 g/mol. The van der Waals surface area contributed by atoms with Gasteiger partial charge in [-0.05, 0) is 98.2 Å². The first-order valence-corrected chi connectivity index (χ1v) is 13.4. The molecule has 0 saturated carbocycles. The van der Waals surface area contributed by atoms with Crippen LogP contribution in [0.25, 0.3) is 0 Å². The maximum Gasteiger partial charge on any atom is 0.415 e. The molecule has 0 radical (unpaired) electrons. The molecule has 1 fully saturated rings. The molecule has 2 aromatic carbocycles. The first-order chi connectivity index (χ1) is 19.1. The summed E-state index contributed by atoms with van der Waals surface area (Å²) in [5.41, 5.74) is 3.43. The summed E-state index contributed by atoms with van der Waals surface area (Å²) in [5.74, 6) is 3.02. The van der Waals surface area contributed by atoms with Crippen LogP contribution in [0.1, 0.15) is 29.7 Å². The van der Waals surface area contributed by atoms with E-state index >= 15 is 0 Å². The molecule has 0 spiro atoms. The molecule has 39 heavy (non-hydrogen) atoms. The Morgan fingerprint density at radius 1 is 0.846 bits per heavy atom. The van der Waals surface area contributed by atoms with Crippen LogP contribution in [-0.2, 0) is 12.8 Å². The highest BCUT2D eigenvalue weighted by atomic mass is 16.6. The summed E-state index contributed by atoms with van der Waals surface area (Å²) in [6.07, 6.45) is 6.82. The van der Waals surface area contributed by atoms with E-state index in [-0.39, 0.29) is 6.09 Å². The number of amides is 1. The highest BCUT2D eigenvalue weighted by Crippen LogP contribution is 2.24. The number of aromatic nitrogens is 2. The van der Waals surface area contributed by atoms with Crippen molar-refractivity contribution in [2.24, 2.45) is 5.92 Å². The summed E-state index contributed by atoms with van der Waals surface area (Å²) in [4.78, 5) is 23.1. The molecule has 2 aromatic heterocycles. The van der Waals surface area contributed by atoms with E-state index in [0.29, 0.717) is 43.0 Å². The maximum absolute atomic E-state index is 12.7. The third-order valence-electron chi connectivity index (χ3n) is 6.81. The number of carbonyl (C=O) groups excluding carboxylic acids is 1. The third-order valence-corrected chi connectivity index (χ3v) is 6.81. The van der Waals surface area contributed by atoms with Crippen molar-refractivity contribution in [1.29, 1.82) is 0 Å². The zero-order valence-corrected chi connectivity index (χ0v) is 22.2. The Morgan fingerprint density at radius 3 is 2.28 bits per heavy atom. The fourth-order valence-electron chi connectivity index (χ4n) is 4.44. The number of ether oxygens (including phenoxy) is 3. The number of likely N-dealkylation sites (tertiary alicyclic amines) is 1. The predicted octanol–water partition coefficient (Wildman–Crippen LogP) is 6.65. The molecule has 1 aliphatic rings. The molecule has 3 heterocycles. The highest BCUT2D eigenvalue weighted by molar-refractivity contribution is 5.70. The molecule has 200 valence electrons. The summed E-state index contributed by atoms with van der Waals surface area (Å²) in [6.45, 7) is 3.97. The average molecular weight is 524 g/mol. The normalized spacial score (nSPS) is 13.6. The van der Waals surface area contributed by atoms with E-state index in [1.807, 2.05) is 79.9 Å². The van der Waals surface area contributed by atoms with E-state index < -0.39 is 0 Å². The minimum absolute atomic E-state index is 0.297. The Kier molecular flexibility index (Phi) is 8.68. The van der Waals surface area contributed by atoms with E-state index in [1.165, 1.54) is 5.56 Å². The number of carbonyl (C=O) groups is 1. The second kappa shape index (κ2) is 12.9. The van der Waals surface area contributed by atoms with Crippen LogP contribution in [0.15, 0.2) is 91.3 Å². The van der Waals surface area contributed by atoms with Gasteiger partial charge < -0.3 is 19.1 Å². The second-order valence-electron chi connectivity index (χ2n) is 9.82. The van der Waals surface area contributed by atoms with Gasteiger partial charge in [0, 0.05) is 37.2 Å². The van der Waals surface area contributed by atoms with Gasteiger partial charge in [0.05, 0.1) is 6.61 Å². The molecule has 5 rings (SSSR count). The fraction of sp³-hybridized carbons (Fsp3) is 0.281. The molecule has 0 atom stereocenters.